The Labute approximate surface area is 110 Å². The van der Waals surface area contributed by atoms with Crippen LogP contribution in [0.4, 0.5) is 0 Å². The third-order valence-corrected chi connectivity index (χ3v) is 2.52. The molecule has 0 heterocycles. The smallest absolute Gasteiger partial charge is 0.346 e. The third kappa shape index (κ3) is 3.19. The van der Waals surface area contributed by atoms with Crippen LogP contribution in [0.2, 0.25) is 0 Å². The Balaban J connectivity index is 2.06. The fourth-order valence-corrected chi connectivity index (χ4v) is 1.50. The fourth-order valence-electron chi connectivity index (χ4n) is 1.50. The molecule has 96 valence electrons. The standard InChI is InChI=1S/C15H12O4/c1-18-13-9-7-12(8-10-13)15(17)19-14(16)11-5-3-2-4-6-11/h2-10H,1H3. The molecular formula is C15H12O4. The van der Waals surface area contributed by atoms with E-state index in [1.54, 1.807) is 54.6 Å². The summed E-state index contributed by atoms with van der Waals surface area (Å²) in [6.07, 6.45) is 0. The molecule has 0 bridgehead atoms. The van der Waals surface area contributed by atoms with Gasteiger partial charge in [-0.15, -0.1) is 0 Å². The van der Waals surface area contributed by atoms with Crippen LogP contribution >= 0.6 is 0 Å². The van der Waals surface area contributed by atoms with E-state index < -0.39 is 11.9 Å². The molecule has 0 amide bonds. The fraction of sp³-hybridized carbons (Fsp3) is 0.0667. The van der Waals surface area contributed by atoms with Gasteiger partial charge in [0.1, 0.15) is 5.75 Å². The summed E-state index contributed by atoms with van der Waals surface area (Å²) in [5.41, 5.74) is 0.634. The van der Waals surface area contributed by atoms with Crippen molar-refractivity contribution < 1.29 is 19.1 Å². The van der Waals surface area contributed by atoms with E-state index in [-0.39, 0.29) is 0 Å². The third-order valence-electron chi connectivity index (χ3n) is 2.52. The largest absolute Gasteiger partial charge is 0.497 e. The van der Waals surface area contributed by atoms with Gasteiger partial charge in [-0.05, 0) is 36.4 Å². The Morgan fingerprint density at radius 3 is 1.84 bits per heavy atom. The van der Waals surface area contributed by atoms with Crippen molar-refractivity contribution in [3.8, 4) is 5.75 Å². The van der Waals surface area contributed by atoms with Gasteiger partial charge in [0.25, 0.3) is 0 Å². The van der Waals surface area contributed by atoms with Crippen LogP contribution in [0.15, 0.2) is 54.6 Å². The molecule has 2 rings (SSSR count). The van der Waals surface area contributed by atoms with Gasteiger partial charge in [-0.2, -0.15) is 0 Å². The van der Waals surface area contributed by atoms with E-state index in [0.29, 0.717) is 16.9 Å². The molecule has 0 fully saturated rings. The summed E-state index contributed by atoms with van der Waals surface area (Å²) in [5.74, 6) is -0.719. The number of rotatable bonds is 3. The van der Waals surface area contributed by atoms with Crippen LogP contribution in [0.25, 0.3) is 0 Å². The van der Waals surface area contributed by atoms with E-state index in [9.17, 15) is 9.59 Å². The Morgan fingerprint density at radius 2 is 1.32 bits per heavy atom. The van der Waals surface area contributed by atoms with E-state index in [1.165, 1.54) is 7.11 Å². The minimum atomic E-state index is -0.684. The minimum absolute atomic E-state index is 0.296. The highest BCUT2D eigenvalue weighted by atomic mass is 16.6. The first kappa shape index (κ1) is 12.8. The average Bonchev–Trinajstić information content (AvgIpc) is 2.48. The maximum Gasteiger partial charge on any atom is 0.346 e. The molecule has 4 heteroatoms. The second-order valence-corrected chi connectivity index (χ2v) is 3.77. The monoisotopic (exact) mass is 256 g/mol. The highest BCUT2D eigenvalue weighted by Gasteiger charge is 2.14. The number of hydrogen-bond acceptors (Lipinski definition) is 4. The molecule has 4 nitrogen and oxygen atoms in total. The van der Waals surface area contributed by atoms with Crippen molar-refractivity contribution in [2.75, 3.05) is 7.11 Å². The van der Waals surface area contributed by atoms with E-state index >= 15 is 0 Å². The van der Waals surface area contributed by atoms with Gasteiger partial charge in [0, 0.05) is 0 Å². The second kappa shape index (κ2) is 5.82. The molecule has 0 atom stereocenters. The predicted octanol–water partition coefficient (Wildman–Crippen LogP) is 2.69. The number of esters is 2. The quantitative estimate of drug-likeness (QED) is 0.626. The lowest BCUT2D eigenvalue weighted by atomic mass is 10.2. The Hall–Kier alpha value is -2.62. The van der Waals surface area contributed by atoms with Crippen molar-refractivity contribution in [1.29, 1.82) is 0 Å². The van der Waals surface area contributed by atoms with E-state index in [0.717, 1.165) is 0 Å². The van der Waals surface area contributed by atoms with Crippen LogP contribution in [0, 0.1) is 0 Å². The summed E-state index contributed by atoms with van der Waals surface area (Å²) in [5, 5.41) is 0. The van der Waals surface area contributed by atoms with E-state index in [2.05, 4.69) is 0 Å². The highest BCUT2D eigenvalue weighted by Crippen LogP contribution is 2.13. The van der Waals surface area contributed by atoms with Gasteiger partial charge in [0.15, 0.2) is 0 Å². The molecule has 0 aliphatic carbocycles. The maximum absolute atomic E-state index is 11.7. The first-order valence-electron chi connectivity index (χ1n) is 5.66. The number of carbonyl (C=O) groups is 2. The number of ether oxygens (including phenoxy) is 2. The van der Waals surface area contributed by atoms with Crippen LogP contribution in [0.5, 0.6) is 5.75 Å². The first-order valence-corrected chi connectivity index (χ1v) is 5.66. The topological polar surface area (TPSA) is 52.6 Å². The lowest BCUT2D eigenvalue weighted by molar-refractivity contribution is 0.0398. The summed E-state index contributed by atoms with van der Waals surface area (Å²) < 4.78 is 9.76. The zero-order valence-electron chi connectivity index (χ0n) is 10.3. The van der Waals surface area contributed by atoms with Gasteiger partial charge in [-0.1, -0.05) is 18.2 Å². The molecule has 0 aliphatic rings. The molecule has 0 N–H and O–H groups in total. The molecule has 0 saturated heterocycles. The van der Waals surface area contributed by atoms with Crippen molar-refractivity contribution in [2.24, 2.45) is 0 Å². The zero-order chi connectivity index (χ0) is 13.7. The molecule has 19 heavy (non-hydrogen) atoms. The second-order valence-electron chi connectivity index (χ2n) is 3.77. The molecular weight excluding hydrogens is 244 g/mol. The molecule has 2 aromatic rings. The number of benzene rings is 2. The number of methoxy groups -OCH3 is 1. The summed E-state index contributed by atoms with van der Waals surface area (Å²) in [6, 6.07) is 14.7. The van der Waals surface area contributed by atoms with Gasteiger partial charge in [-0.3, -0.25) is 0 Å². The van der Waals surface area contributed by atoms with E-state index in [4.69, 9.17) is 9.47 Å². The van der Waals surface area contributed by atoms with Crippen LogP contribution in [-0.4, -0.2) is 19.0 Å². The van der Waals surface area contributed by atoms with Gasteiger partial charge in [0.05, 0.1) is 18.2 Å². The Morgan fingerprint density at radius 1 is 0.789 bits per heavy atom. The Kier molecular flexibility index (Phi) is 3.93. The molecule has 0 radical (unpaired) electrons. The van der Waals surface area contributed by atoms with Gasteiger partial charge < -0.3 is 9.47 Å². The van der Waals surface area contributed by atoms with Crippen LogP contribution in [0.3, 0.4) is 0 Å². The lowest BCUT2D eigenvalue weighted by Gasteiger charge is -2.04. The van der Waals surface area contributed by atoms with Gasteiger partial charge >= 0.3 is 11.9 Å². The number of hydrogen-bond donors (Lipinski definition) is 0. The van der Waals surface area contributed by atoms with Crippen molar-refractivity contribution in [2.45, 2.75) is 0 Å². The molecule has 0 aromatic heterocycles. The summed E-state index contributed by atoms with van der Waals surface area (Å²) >= 11 is 0. The van der Waals surface area contributed by atoms with Gasteiger partial charge in [-0.25, -0.2) is 9.59 Å². The van der Waals surface area contributed by atoms with Crippen molar-refractivity contribution in [3.63, 3.8) is 0 Å². The van der Waals surface area contributed by atoms with Crippen molar-refractivity contribution in [3.05, 3.63) is 65.7 Å². The molecule has 0 aliphatic heterocycles. The Bertz CT molecular complexity index is 573. The average molecular weight is 256 g/mol. The SMILES string of the molecule is COc1ccc(C(=O)OC(=O)c2ccccc2)cc1. The lowest BCUT2D eigenvalue weighted by Crippen LogP contribution is -2.12. The van der Waals surface area contributed by atoms with Gasteiger partial charge in [0.2, 0.25) is 0 Å². The van der Waals surface area contributed by atoms with Crippen LogP contribution in [-0.2, 0) is 4.74 Å². The molecule has 0 spiro atoms. The van der Waals surface area contributed by atoms with E-state index in [1.807, 2.05) is 0 Å². The number of carbonyl (C=O) groups excluding carboxylic acids is 2. The molecule has 0 saturated carbocycles. The normalized spacial score (nSPS) is 9.74. The summed E-state index contributed by atoms with van der Waals surface area (Å²) in [6.45, 7) is 0. The zero-order valence-corrected chi connectivity index (χ0v) is 10.3. The first-order chi connectivity index (χ1) is 9.20. The maximum atomic E-state index is 11.7. The van der Waals surface area contributed by atoms with Crippen molar-refractivity contribution in [1.82, 2.24) is 0 Å². The van der Waals surface area contributed by atoms with Crippen LogP contribution < -0.4 is 4.74 Å². The minimum Gasteiger partial charge on any atom is -0.497 e. The highest BCUT2D eigenvalue weighted by molar-refractivity contribution is 6.02. The van der Waals surface area contributed by atoms with Crippen LogP contribution in [0.1, 0.15) is 20.7 Å². The molecule has 2 aromatic carbocycles. The molecule has 0 unspecified atom stereocenters. The predicted molar refractivity (Wildman–Crippen MR) is 69.2 cm³/mol. The summed E-state index contributed by atoms with van der Waals surface area (Å²) in [7, 11) is 1.53. The summed E-state index contributed by atoms with van der Waals surface area (Å²) in [4.78, 5) is 23.4. The van der Waals surface area contributed by atoms with Crippen molar-refractivity contribution >= 4 is 11.9 Å².